The number of aliphatic hydroxyl groups is 1. The van der Waals surface area contributed by atoms with Gasteiger partial charge in [-0.15, -0.1) is 0 Å². The van der Waals surface area contributed by atoms with Crippen molar-refractivity contribution in [1.82, 2.24) is 4.98 Å². The van der Waals surface area contributed by atoms with E-state index in [1.165, 1.54) is 0 Å². The van der Waals surface area contributed by atoms with Crippen molar-refractivity contribution in [3.05, 3.63) is 72.4 Å². The van der Waals surface area contributed by atoms with E-state index in [1.54, 1.807) is 24.0 Å². The van der Waals surface area contributed by atoms with Gasteiger partial charge in [0.2, 0.25) is 0 Å². The number of nitrogens with one attached hydrogen (secondary N) is 1. The summed E-state index contributed by atoms with van der Waals surface area (Å²) in [4.78, 5) is 17.5. The van der Waals surface area contributed by atoms with Crippen LogP contribution in [-0.2, 0) is 0 Å². The molecule has 3 aromatic rings. The number of benzene rings is 2. The van der Waals surface area contributed by atoms with Crippen LogP contribution in [0.4, 0.5) is 5.69 Å². The second-order valence-electron chi connectivity index (χ2n) is 7.54. The smallest absolute Gasteiger partial charge is 0.250 e. The Labute approximate surface area is 180 Å². The molecule has 1 fully saturated rings. The highest BCUT2D eigenvalue weighted by atomic mass is 32.2. The maximum atomic E-state index is 12.0. The number of primary amides is 1. The molecule has 154 valence electrons. The van der Waals surface area contributed by atoms with E-state index in [0.717, 1.165) is 52.4 Å². The molecule has 0 atom stereocenters. The summed E-state index contributed by atoms with van der Waals surface area (Å²) in [5.41, 5.74) is 8.95. The van der Waals surface area contributed by atoms with Gasteiger partial charge in [-0.1, -0.05) is 42.1 Å². The van der Waals surface area contributed by atoms with Crippen molar-refractivity contribution in [2.24, 2.45) is 5.73 Å². The van der Waals surface area contributed by atoms with Crippen LogP contribution in [0.3, 0.4) is 0 Å². The van der Waals surface area contributed by atoms with Crippen molar-refractivity contribution in [3.8, 4) is 11.1 Å². The predicted octanol–water partition coefficient (Wildman–Crippen LogP) is 4.71. The molecule has 0 unspecified atom stereocenters. The zero-order valence-corrected chi connectivity index (χ0v) is 17.4. The molecular formula is C24H25N3O2S. The second-order valence-corrected chi connectivity index (χ2v) is 8.60. The summed E-state index contributed by atoms with van der Waals surface area (Å²) in [5, 5.41) is 14.2. The highest BCUT2D eigenvalue weighted by Crippen LogP contribution is 2.37. The van der Waals surface area contributed by atoms with Gasteiger partial charge in [-0.3, -0.25) is 4.79 Å². The van der Waals surface area contributed by atoms with Gasteiger partial charge in [0, 0.05) is 22.8 Å². The molecule has 1 saturated carbocycles. The number of carbonyl (C=O) groups excluding carboxylic acids is 1. The van der Waals surface area contributed by atoms with Crippen LogP contribution >= 0.6 is 11.8 Å². The molecule has 0 aliphatic heterocycles. The Bertz CT molecular complexity index is 1020. The van der Waals surface area contributed by atoms with Crippen molar-refractivity contribution in [2.75, 3.05) is 5.32 Å². The summed E-state index contributed by atoms with van der Waals surface area (Å²) in [6.07, 6.45) is 4.85. The van der Waals surface area contributed by atoms with Crippen LogP contribution < -0.4 is 11.1 Å². The Morgan fingerprint density at radius 1 is 1.03 bits per heavy atom. The van der Waals surface area contributed by atoms with Crippen LogP contribution in [0, 0.1) is 0 Å². The van der Waals surface area contributed by atoms with Crippen molar-refractivity contribution in [1.29, 1.82) is 0 Å². The second kappa shape index (κ2) is 9.32. The van der Waals surface area contributed by atoms with E-state index in [0.29, 0.717) is 5.56 Å². The fraction of sp³-hybridized carbons (Fsp3) is 0.250. The summed E-state index contributed by atoms with van der Waals surface area (Å²) >= 11 is 1.61. The zero-order valence-electron chi connectivity index (χ0n) is 16.6. The molecule has 0 saturated heterocycles. The van der Waals surface area contributed by atoms with Crippen molar-refractivity contribution in [2.45, 2.75) is 47.8 Å². The van der Waals surface area contributed by atoms with E-state index in [9.17, 15) is 9.90 Å². The van der Waals surface area contributed by atoms with Gasteiger partial charge in [0.15, 0.2) is 0 Å². The normalized spacial score (nSPS) is 18.7. The van der Waals surface area contributed by atoms with E-state index in [2.05, 4.69) is 22.4 Å². The number of amides is 1. The highest BCUT2D eigenvalue weighted by Gasteiger charge is 2.21. The Kier molecular flexibility index (Phi) is 6.35. The molecular weight excluding hydrogens is 394 g/mol. The third kappa shape index (κ3) is 4.83. The predicted molar refractivity (Wildman–Crippen MR) is 121 cm³/mol. The SMILES string of the molecule is NC(=O)c1ccc(-c2ccccc2Sc2ccccn2)cc1N[C@H]1CC[C@H](O)CC1. The molecule has 6 heteroatoms. The minimum absolute atomic E-state index is 0.222. The molecule has 1 aliphatic carbocycles. The number of hydrogen-bond acceptors (Lipinski definition) is 5. The number of hydrogen-bond donors (Lipinski definition) is 3. The van der Waals surface area contributed by atoms with Gasteiger partial charge in [-0.25, -0.2) is 4.98 Å². The summed E-state index contributed by atoms with van der Waals surface area (Å²) in [5.74, 6) is -0.448. The van der Waals surface area contributed by atoms with Crippen LogP contribution in [0.25, 0.3) is 11.1 Å². The third-order valence-corrected chi connectivity index (χ3v) is 6.42. The Balaban J connectivity index is 1.66. The van der Waals surface area contributed by atoms with Gasteiger partial charge < -0.3 is 16.2 Å². The first-order chi connectivity index (χ1) is 14.6. The van der Waals surface area contributed by atoms with Gasteiger partial charge in [0.1, 0.15) is 5.03 Å². The van der Waals surface area contributed by atoms with Crippen molar-refractivity contribution >= 4 is 23.4 Å². The van der Waals surface area contributed by atoms with Gasteiger partial charge >= 0.3 is 0 Å². The first kappa shape index (κ1) is 20.4. The van der Waals surface area contributed by atoms with E-state index in [4.69, 9.17) is 5.73 Å². The fourth-order valence-corrected chi connectivity index (χ4v) is 4.73. The minimum Gasteiger partial charge on any atom is -0.393 e. The van der Waals surface area contributed by atoms with Gasteiger partial charge in [-0.2, -0.15) is 0 Å². The van der Waals surface area contributed by atoms with Crippen molar-refractivity contribution in [3.63, 3.8) is 0 Å². The first-order valence-electron chi connectivity index (χ1n) is 10.2. The molecule has 1 aliphatic rings. The van der Waals surface area contributed by atoms with E-state index < -0.39 is 5.91 Å². The molecule has 0 bridgehead atoms. The number of aromatic nitrogens is 1. The third-order valence-electron chi connectivity index (χ3n) is 5.39. The van der Waals surface area contributed by atoms with Crippen LogP contribution in [0.5, 0.6) is 0 Å². The first-order valence-corrected chi connectivity index (χ1v) is 11.0. The van der Waals surface area contributed by atoms with Gasteiger partial charge in [0.05, 0.1) is 11.7 Å². The Morgan fingerprint density at radius 2 is 1.80 bits per heavy atom. The number of nitrogens with zero attached hydrogens (tertiary/aromatic N) is 1. The molecule has 1 heterocycles. The lowest BCUT2D eigenvalue weighted by molar-refractivity contribution is 0.100. The standard InChI is InChI=1S/C24H25N3O2S/c25-24(29)20-13-8-16(15-21(20)27-17-9-11-18(28)12-10-17)19-5-1-2-6-22(19)30-23-7-3-4-14-26-23/h1-8,13-15,17-18,27-28H,9-12H2,(H2,25,29)/t17-,18-. The van der Waals surface area contributed by atoms with Gasteiger partial charge in [0.25, 0.3) is 5.91 Å². The number of nitrogens with two attached hydrogens (primary N) is 1. The number of anilines is 1. The average molecular weight is 420 g/mol. The van der Waals surface area contributed by atoms with Crippen molar-refractivity contribution < 1.29 is 9.90 Å². The average Bonchev–Trinajstić information content (AvgIpc) is 2.76. The van der Waals surface area contributed by atoms with Crippen LogP contribution in [0.2, 0.25) is 0 Å². The number of rotatable bonds is 6. The summed E-state index contributed by atoms with van der Waals surface area (Å²) in [6, 6.07) is 20.0. The van der Waals surface area contributed by atoms with Crippen LogP contribution in [0.1, 0.15) is 36.0 Å². The number of pyridine rings is 1. The molecule has 5 nitrogen and oxygen atoms in total. The molecule has 4 N–H and O–H groups in total. The van der Waals surface area contributed by atoms with Crippen LogP contribution in [-0.4, -0.2) is 28.1 Å². The maximum absolute atomic E-state index is 12.0. The monoisotopic (exact) mass is 419 g/mol. The Hall–Kier alpha value is -2.83. The minimum atomic E-state index is -0.448. The zero-order chi connectivity index (χ0) is 20.9. The lowest BCUT2D eigenvalue weighted by Gasteiger charge is -2.28. The van der Waals surface area contributed by atoms with Gasteiger partial charge in [-0.05, 0) is 67.1 Å². The summed E-state index contributed by atoms with van der Waals surface area (Å²) in [6.45, 7) is 0. The number of carbonyl (C=O) groups is 1. The fourth-order valence-electron chi connectivity index (χ4n) is 3.80. The molecule has 0 spiro atoms. The molecule has 4 rings (SSSR count). The lowest BCUT2D eigenvalue weighted by atomic mass is 9.92. The van der Waals surface area contributed by atoms with E-state index in [1.807, 2.05) is 42.5 Å². The molecule has 1 amide bonds. The topological polar surface area (TPSA) is 88.2 Å². The van der Waals surface area contributed by atoms with E-state index in [-0.39, 0.29) is 12.1 Å². The van der Waals surface area contributed by atoms with Crippen LogP contribution in [0.15, 0.2) is 76.8 Å². The Morgan fingerprint density at radius 3 is 2.53 bits per heavy atom. The quantitative estimate of drug-likeness (QED) is 0.538. The molecule has 2 aromatic carbocycles. The maximum Gasteiger partial charge on any atom is 0.250 e. The summed E-state index contributed by atoms with van der Waals surface area (Å²) in [7, 11) is 0. The molecule has 0 radical (unpaired) electrons. The lowest BCUT2D eigenvalue weighted by Crippen LogP contribution is -2.29. The highest BCUT2D eigenvalue weighted by molar-refractivity contribution is 7.99. The summed E-state index contributed by atoms with van der Waals surface area (Å²) < 4.78 is 0. The molecule has 30 heavy (non-hydrogen) atoms. The van der Waals surface area contributed by atoms with E-state index >= 15 is 0 Å². The largest absolute Gasteiger partial charge is 0.393 e. The number of aliphatic hydroxyl groups excluding tert-OH is 1. The molecule has 1 aromatic heterocycles.